The SMILES string of the molecule is O=[N+]([O-])c1cc(Br)ccc1CN1CC(O)(C2CC2)C1. The molecule has 0 aromatic heterocycles. The molecule has 1 saturated carbocycles. The number of aliphatic hydroxyl groups is 1. The third-order valence-corrected chi connectivity index (χ3v) is 4.46. The van der Waals surface area contributed by atoms with Crippen LogP contribution in [0.5, 0.6) is 0 Å². The zero-order valence-corrected chi connectivity index (χ0v) is 12.0. The lowest BCUT2D eigenvalue weighted by molar-refractivity contribution is -0.385. The molecule has 1 aromatic carbocycles. The van der Waals surface area contributed by atoms with Crippen LogP contribution in [0.4, 0.5) is 5.69 Å². The van der Waals surface area contributed by atoms with E-state index >= 15 is 0 Å². The predicted octanol–water partition coefficient (Wildman–Crippen LogP) is 2.31. The number of likely N-dealkylation sites (tertiary alicyclic amines) is 1. The third kappa shape index (κ3) is 2.52. The number of benzene rings is 1. The highest BCUT2D eigenvalue weighted by Crippen LogP contribution is 2.45. The minimum atomic E-state index is -0.538. The van der Waals surface area contributed by atoms with Crippen molar-refractivity contribution in [1.82, 2.24) is 4.90 Å². The fourth-order valence-corrected chi connectivity index (χ4v) is 3.15. The summed E-state index contributed by atoms with van der Waals surface area (Å²) in [6.45, 7) is 1.79. The second-order valence-electron chi connectivity index (χ2n) is 5.55. The Balaban J connectivity index is 1.69. The largest absolute Gasteiger partial charge is 0.387 e. The van der Waals surface area contributed by atoms with Crippen molar-refractivity contribution in [2.75, 3.05) is 13.1 Å². The van der Waals surface area contributed by atoms with Gasteiger partial charge in [-0.1, -0.05) is 15.9 Å². The van der Waals surface area contributed by atoms with Crippen LogP contribution in [0.15, 0.2) is 22.7 Å². The van der Waals surface area contributed by atoms with Crippen molar-refractivity contribution in [1.29, 1.82) is 0 Å². The molecule has 0 spiro atoms. The molecular weight excluding hydrogens is 312 g/mol. The van der Waals surface area contributed by atoms with E-state index in [9.17, 15) is 15.2 Å². The number of halogens is 1. The Labute approximate surface area is 119 Å². The zero-order valence-electron chi connectivity index (χ0n) is 10.4. The number of hydrogen-bond donors (Lipinski definition) is 1. The molecule has 102 valence electrons. The maximum Gasteiger partial charge on any atom is 0.275 e. The molecule has 19 heavy (non-hydrogen) atoms. The molecule has 1 N–H and O–H groups in total. The van der Waals surface area contributed by atoms with Gasteiger partial charge < -0.3 is 5.11 Å². The Hall–Kier alpha value is -0.980. The first-order chi connectivity index (χ1) is 8.98. The fourth-order valence-electron chi connectivity index (χ4n) is 2.80. The second-order valence-corrected chi connectivity index (χ2v) is 6.47. The Morgan fingerprint density at radius 3 is 2.74 bits per heavy atom. The molecule has 0 radical (unpaired) electrons. The molecule has 5 nitrogen and oxygen atoms in total. The van der Waals surface area contributed by atoms with Gasteiger partial charge in [0.1, 0.15) is 0 Å². The second kappa shape index (κ2) is 4.54. The molecule has 3 rings (SSSR count). The van der Waals surface area contributed by atoms with Gasteiger partial charge in [0.2, 0.25) is 0 Å². The maximum absolute atomic E-state index is 11.0. The van der Waals surface area contributed by atoms with Crippen molar-refractivity contribution in [2.24, 2.45) is 5.92 Å². The lowest BCUT2D eigenvalue weighted by atomic mass is 9.88. The minimum absolute atomic E-state index is 0.135. The standard InChI is InChI=1S/C13H15BrN2O3/c14-11-4-1-9(12(5-11)16(18)19)6-15-7-13(17,8-15)10-2-3-10/h1,4-5,10,17H,2-3,6-8H2. The number of nitro groups is 1. The number of β-amino-alcohol motifs (C(OH)–C–C–N with tert-alkyl or cyclic N) is 1. The predicted molar refractivity (Wildman–Crippen MR) is 73.7 cm³/mol. The van der Waals surface area contributed by atoms with Crippen molar-refractivity contribution in [3.05, 3.63) is 38.3 Å². The lowest BCUT2D eigenvalue weighted by Crippen LogP contribution is -2.62. The van der Waals surface area contributed by atoms with Crippen molar-refractivity contribution in [3.63, 3.8) is 0 Å². The van der Waals surface area contributed by atoms with Crippen LogP contribution in [0, 0.1) is 16.0 Å². The van der Waals surface area contributed by atoms with Gasteiger partial charge in [0.15, 0.2) is 0 Å². The van der Waals surface area contributed by atoms with Crippen LogP contribution in [0.2, 0.25) is 0 Å². The van der Waals surface area contributed by atoms with Crippen LogP contribution in [0.25, 0.3) is 0 Å². The van der Waals surface area contributed by atoms with Gasteiger partial charge in [-0.25, -0.2) is 0 Å². The summed E-state index contributed by atoms with van der Waals surface area (Å²) in [4.78, 5) is 12.7. The molecule has 1 saturated heterocycles. The minimum Gasteiger partial charge on any atom is -0.387 e. The molecule has 2 fully saturated rings. The third-order valence-electron chi connectivity index (χ3n) is 3.97. The summed E-state index contributed by atoms with van der Waals surface area (Å²) in [7, 11) is 0. The van der Waals surface area contributed by atoms with Crippen molar-refractivity contribution >= 4 is 21.6 Å². The van der Waals surface area contributed by atoms with E-state index < -0.39 is 5.60 Å². The summed E-state index contributed by atoms with van der Waals surface area (Å²) in [5.41, 5.74) is 0.298. The van der Waals surface area contributed by atoms with Crippen LogP contribution >= 0.6 is 15.9 Å². The average Bonchev–Trinajstić information content (AvgIpc) is 3.12. The topological polar surface area (TPSA) is 66.6 Å². The monoisotopic (exact) mass is 326 g/mol. The van der Waals surface area contributed by atoms with E-state index in [2.05, 4.69) is 20.8 Å². The van der Waals surface area contributed by atoms with E-state index in [1.54, 1.807) is 6.07 Å². The van der Waals surface area contributed by atoms with E-state index in [4.69, 9.17) is 0 Å². The summed E-state index contributed by atoms with van der Waals surface area (Å²) in [6, 6.07) is 5.12. The zero-order chi connectivity index (χ0) is 13.6. The fraction of sp³-hybridized carbons (Fsp3) is 0.538. The molecule has 6 heteroatoms. The van der Waals surface area contributed by atoms with Crippen LogP contribution in [0.1, 0.15) is 18.4 Å². The summed E-state index contributed by atoms with van der Waals surface area (Å²) < 4.78 is 0.709. The summed E-state index contributed by atoms with van der Waals surface area (Å²) in [5.74, 6) is 0.448. The summed E-state index contributed by atoms with van der Waals surface area (Å²) in [6.07, 6.45) is 2.23. The molecule has 1 heterocycles. The highest BCUT2D eigenvalue weighted by atomic mass is 79.9. The van der Waals surface area contributed by atoms with Gasteiger partial charge in [-0.2, -0.15) is 0 Å². The molecule has 1 aliphatic heterocycles. The molecule has 0 bridgehead atoms. The van der Waals surface area contributed by atoms with E-state index in [1.165, 1.54) is 6.07 Å². The molecule has 0 amide bonds. The molecule has 1 aliphatic carbocycles. The van der Waals surface area contributed by atoms with E-state index in [0.29, 0.717) is 35.6 Å². The van der Waals surface area contributed by atoms with E-state index in [-0.39, 0.29) is 10.6 Å². The smallest absolute Gasteiger partial charge is 0.275 e. The van der Waals surface area contributed by atoms with Crippen LogP contribution < -0.4 is 0 Å². The first-order valence-corrected chi connectivity index (χ1v) is 7.15. The maximum atomic E-state index is 11.0. The van der Waals surface area contributed by atoms with Gasteiger partial charge in [0, 0.05) is 35.7 Å². The van der Waals surface area contributed by atoms with Crippen molar-refractivity contribution in [3.8, 4) is 0 Å². The first kappa shape index (κ1) is 13.0. The molecule has 2 aliphatic rings. The van der Waals surface area contributed by atoms with Crippen molar-refractivity contribution < 1.29 is 10.0 Å². The normalized spacial score (nSPS) is 22.0. The number of nitro benzene ring substituents is 1. The van der Waals surface area contributed by atoms with Crippen LogP contribution in [0.3, 0.4) is 0 Å². The summed E-state index contributed by atoms with van der Waals surface area (Å²) >= 11 is 3.25. The highest BCUT2D eigenvalue weighted by Gasteiger charge is 2.51. The van der Waals surface area contributed by atoms with Gasteiger partial charge in [0.05, 0.1) is 10.5 Å². The Kier molecular flexibility index (Phi) is 3.11. The first-order valence-electron chi connectivity index (χ1n) is 6.35. The average molecular weight is 327 g/mol. The lowest BCUT2D eigenvalue weighted by Gasteiger charge is -2.47. The molecular formula is C13H15BrN2O3. The number of hydrogen-bond acceptors (Lipinski definition) is 4. The van der Waals surface area contributed by atoms with E-state index in [1.807, 2.05) is 6.07 Å². The Bertz CT molecular complexity index is 525. The van der Waals surface area contributed by atoms with Gasteiger partial charge in [-0.3, -0.25) is 15.0 Å². The number of rotatable bonds is 4. The highest BCUT2D eigenvalue weighted by molar-refractivity contribution is 9.10. The van der Waals surface area contributed by atoms with Gasteiger partial charge in [0.25, 0.3) is 5.69 Å². The van der Waals surface area contributed by atoms with Crippen LogP contribution in [-0.2, 0) is 6.54 Å². The van der Waals surface area contributed by atoms with Crippen LogP contribution in [-0.4, -0.2) is 33.6 Å². The molecule has 1 aromatic rings. The van der Waals surface area contributed by atoms with Gasteiger partial charge in [-0.15, -0.1) is 0 Å². The molecule has 0 atom stereocenters. The quantitative estimate of drug-likeness (QED) is 0.681. The van der Waals surface area contributed by atoms with Crippen molar-refractivity contribution in [2.45, 2.75) is 25.0 Å². The molecule has 0 unspecified atom stereocenters. The van der Waals surface area contributed by atoms with Gasteiger partial charge in [-0.05, 0) is 30.9 Å². The summed E-state index contributed by atoms with van der Waals surface area (Å²) in [5, 5.41) is 21.3. The Morgan fingerprint density at radius 1 is 1.47 bits per heavy atom. The number of nitrogens with zero attached hydrogens (tertiary/aromatic N) is 2. The van der Waals surface area contributed by atoms with E-state index in [0.717, 1.165) is 12.8 Å². The van der Waals surface area contributed by atoms with Gasteiger partial charge >= 0.3 is 0 Å². The Morgan fingerprint density at radius 2 is 2.16 bits per heavy atom.